The number of halogens is 2. The molecule has 13 nitrogen and oxygen atoms in total. The number of carbonyl (C=O) groups excluding carboxylic acids is 6. The molecular formula is C46H62F2N6O7. The van der Waals surface area contributed by atoms with Crippen molar-refractivity contribution in [3.63, 3.8) is 0 Å². The largest absolute Gasteiger partial charge is 0.387 e. The highest BCUT2D eigenvalue weighted by molar-refractivity contribution is 5.94. The first-order chi connectivity index (χ1) is 28.7. The van der Waals surface area contributed by atoms with E-state index in [9.17, 15) is 38.3 Å². The highest BCUT2D eigenvalue weighted by Gasteiger charge is 2.39. The van der Waals surface area contributed by atoms with Crippen LogP contribution in [0.4, 0.5) is 8.78 Å². The average molecular weight is 849 g/mol. The number of aliphatic hydroxyl groups excluding tert-OH is 1. The zero-order valence-corrected chi connectivity index (χ0v) is 36.5. The number of amides is 5. The second-order valence-electron chi connectivity index (χ2n) is 17.4. The van der Waals surface area contributed by atoms with Crippen LogP contribution < -0.4 is 21.3 Å². The number of carbonyl (C=O) groups is 6. The fourth-order valence-corrected chi connectivity index (χ4v) is 7.98. The molecule has 15 heteroatoms. The van der Waals surface area contributed by atoms with Crippen LogP contribution in [0.25, 0.3) is 11.1 Å². The number of hydrogen-bond donors (Lipinski definition) is 5. The van der Waals surface area contributed by atoms with Crippen LogP contribution >= 0.6 is 0 Å². The predicted octanol–water partition coefficient (Wildman–Crippen LogP) is 5.19. The summed E-state index contributed by atoms with van der Waals surface area (Å²) in [7, 11) is 0. The smallest absolute Gasteiger partial charge is 0.248 e. The summed E-state index contributed by atoms with van der Waals surface area (Å²) in [6.45, 7) is 13.3. The number of benzene rings is 2. The molecule has 6 atom stereocenters. The van der Waals surface area contributed by atoms with E-state index in [2.05, 4.69) is 21.3 Å². The second-order valence-corrected chi connectivity index (χ2v) is 17.4. The molecule has 0 radical (unpaired) electrons. The summed E-state index contributed by atoms with van der Waals surface area (Å²) >= 11 is 0. The molecule has 1 saturated heterocycles. The summed E-state index contributed by atoms with van der Waals surface area (Å²) in [5.41, 5.74) is 1.05. The Balaban J connectivity index is 1.77. The number of hydrogen-bond acceptors (Lipinski definition) is 7. The molecule has 2 aromatic carbocycles. The molecule has 4 rings (SSSR count). The maximum Gasteiger partial charge on any atom is 0.248 e. The van der Waals surface area contributed by atoms with Crippen molar-refractivity contribution >= 4 is 35.3 Å². The van der Waals surface area contributed by atoms with Crippen LogP contribution in [-0.2, 0) is 35.3 Å². The van der Waals surface area contributed by atoms with Gasteiger partial charge in [0.15, 0.2) is 0 Å². The summed E-state index contributed by atoms with van der Waals surface area (Å²) < 4.78 is 31.6. The Morgan fingerprint density at radius 3 is 2.21 bits per heavy atom. The van der Waals surface area contributed by atoms with Gasteiger partial charge in [-0.1, -0.05) is 71.9 Å². The van der Waals surface area contributed by atoms with Crippen molar-refractivity contribution in [2.75, 3.05) is 13.2 Å². The third kappa shape index (κ3) is 12.8. The molecule has 61 heavy (non-hydrogen) atoms. The number of rotatable bonds is 11. The first kappa shape index (κ1) is 48.2. The molecule has 1 aliphatic rings. The molecule has 1 aromatic heterocycles. The van der Waals surface area contributed by atoms with Crippen LogP contribution in [0.3, 0.4) is 0 Å². The number of ketones is 1. The van der Waals surface area contributed by atoms with Crippen molar-refractivity contribution in [3.05, 3.63) is 83.7 Å². The molecule has 0 spiro atoms. The van der Waals surface area contributed by atoms with Gasteiger partial charge in [0.05, 0.1) is 6.04 Å². The average Bonchev–Trinajstić information content (AvgIpc) is 3.59. The van der Waals surface area contributed by atoms with Crippen LogP contribution in [0.15, 0.2) is 60.8 Å². The van der Waals surface area contributed by atoms with E-state index < -0.39 is 89.3 Å². The van der Waals surface area contributed by atoms with Gasteiger partial charge in [-0.15, -0.1) is 0 Å². The van der Waals surface area contributed by atoms with E-state index in [0.29, 0.717) is 24.2 Å². The SMILES string of the molecule is CCC1C(=O)CCCC(=O)NC(C(C)C)C(=O)N[C@@H](C)C(=O)N[C@@H](CCN(C(=O)CO)[C@@H](c2cc(-c3cc(F)ccc3F)cn2Cc2ccccc2)C(C)(C)C)C(=O)NC1C. The summed E-state index contributed by atoms with van der Waals surface area (Å²) in [5.74, 6) is -5.40. The first-order valence-electron chi connectivity index (χ1n) is 21.1. The van der Waals surface area contributed by atoms with Gasteiger partial charge < -0.3 is 35.8 Å². The van der Waals surface area contributed by atoms with E-state index in [4.69, 9.17) is 0 Å². The third-order valence-electron chi connectivity index (χ3n) is 11.2. The molecule has 0 bridgehead atoms. The lowest BCUT2D eigenvalue weighted by atomic mass is 9.82. The van der Waals surface area contributed by atoms with Gasteiger partial charge >= 0.3 is 0 Å². The van der Waals surface area contributed by atoms with E-state index in [0.717, 1.165) is 23.8 Å². The van der Waals surface area contributed by atoms with Crippen LogP contribution in [0.2, 0.25) is 0 Å². The Hall–Kier alpha value is -5.44. The molecule has 1 fully saturated rings. The first-order valence-corrected chi connectivity index (χ1v) is 21.1. The van der Waals surface area contributed by atoms with Gasteiger partial charge in [-0.05, 0) is 74.3 Å². The molecule has 1 aliphatic heterocycles. The Morgan fingerprint density at radius 1 is 0.902 bits per heavy atom. The molecule has 2 heterocycles. The molecule has 332 valence electrons. The van der Waals surface area contributed by atoms with E-state index in [1.807, 2.05) is 62.6 Å². The molecule has 3 aromatic rings. The van der Waals surface area contributed by atoms with Gasteiger partial charge in [-0.3, -0.25) is 28.8 Å². The van der Waals surface area contributed by atoms with Crippen molar-refractivity contribution in [1.82, 2.24) is 30.7 Å². The Labute approximate surface area is 357 Å². The Bertz CT molecular complexity index is 2030. The molecular weight excluding hydrogens is 787 g/mol. The lowest BCUT2D eigenvalue weighted by molar-refractivity contribution is -0.140. The standard InChI is InChI=1S/C46H62F2N6O7/c1-9-33-28(4)49-44(60)36(51-43(59)29(5)50-45(61)41(27(2)3)52-39(57)17-13-16-38(33)56)20-21-54(40(58)26-55)42(46(6,7)8)37-22-31(34-23-32(47)18-19-35(34)48)25-53(37)24-30-14-11-10-12-15-30/h10-12,14-15,18-19,22-23,25,27-29,33,36,41-42,55H,9,13,16-17,20-21,24,26H2,1-8H3,(H,49,60)(H,50,61)(H,51,59)(H,52,57)/t28?,29-,33?,36-,41?,42-/m0/s1. The minimum atomic E-state index is -1.29. The van der Waals surface area contributed by atoms with Gasteiger partial charge in [0.1, 0.15) is 42.2 Å². The fraction of sp³-hybridized carbons (Fsp3) is 0.522. The zero-order chi connectivity index (χ0) is 45.2. The monoisotopic (exact) mass is 848 g/mol. The Kier molecular flexibility index (Phi) is 16.9. The highest BCUT2D eigenvalue weighted by Crippen LogP contribution is 2.41. The normalized spacial score (nSPS) is 21.8. The van der Waals surface area contributed by atoms with E-state index in [-0.39, 0.29) is 49.5 Å². The third-order valence-corrected chi connectivity index (χ3v) is 11.2. The quantitative estimate of drug-likeness (QED) is 0.176. The molecule has 5 amide bonds. The molecule has 0 saturated carbocycles. The lowest BCUT2D eigenvalue weighted by Gasteiger charge is -2.41. The van der Waals surface area contributed by atoms with Gasteiger partial charge in [0.25, 0.3) is 0 Å². The molecule has 5 N–H and O–H groups in total. The van der Waals surface area contributed by atoms with Crippen LogP contribution in [-0.4, -0.2) is 87.2 Å². The predicted molar refractivity (Wildman–Crippen MR) is 227 cm³/mol. The highest BCUT2D eigenvalue weighted by atomic mass is 19.1. The van der Waals surface area contributed by atoms with Crippen molar-refractivity contribution in [2.45, 2.75) is 124 Å². The van der Waals surface area contributed by atoms with Crippen molar-refractivity contribution in [1.29, 1.82) is 0 Å². The van der Waals surface area contributed by atoms with Crippen molar-refractivity contribution in [3.8, 4) is 11.1 Å². The lowest BCUT2D eigenvalue weighted by Crippen LogP contribution is -2.58. The van der Waals surface area contributed by atoms with Gasteiger partial charge in [-0.2, -0.15) is 0 Å². The van der Waals surface area contributed by atoms with Gasteiger partial charge in [0, 0.05) is 60.9 Å². The van der Waals surface area contributed by atoms with Crippen LogP contribution in [0.5, 0.6) is 0 Å². The van der Waals surface area contributed by atoms with E-state index >= 15 is 4.39 Å². The second kappa shape index (κ2) is 21.4. The van der Waals surface area contributed by atoms with Crippen molar-refractivity contribution in [2.24, 2.45) is 17.3 Å². The Morgan fingerprint density at radius 2 is 1.59 bits per heavy atom. The summed E-state index contributed by atoms with van der Waals surface area (Å²) in [5, 5.41) is 21.4. The number of nitrogens with zero attached hydrogens (tertiary/aromatic N) is 2. The summed E-state index contributed by atoms with van der Waals surface area (Å²) in [4.78, 5) is 82.9. The maximum absolute atomic E-state index is 15.3. The number of aromatic nitrogens is 1. The number of aliphatic hydroxyl groups is 1. The number of nitrogens with one attached hydrogen (secondary N) is 4. The molecule has 3 unspecified atom stereocenters. The minimum absolute atomic E-state index is 0.0101. The van der Waals surface area contributed by atoms with Gasteiger partial charge in [0.2, 0.25) is 29.5 Å². The van der Waals surface area contributed by atoms with E-state index in [1.54, 1.807) is 33.0 Å². The summed E-state index contributed by atoms with van der Waals surface area (Å²) in [6.07, 6.45) is 2.25. The van der Waals surface area contributed by atoms with Crippen molar-refractivity contribution < 1.29 is 42.7 Å². The van der Waals surface area contributed by atoms with Gasteiger partial charge in [-0.25, -0.2) is 8.78 Å². The minimum Gasteiger partial charge on any atom is -0.387 e. The summed E-state index contributed by atoms with van der Waals surface area (Å²) in [6, 6.07) is 9.40. The molecule has 0 aliphatic carbocycles. The van der Waals surface area contributed by atoms with Crippen LogP contribution in [0, 0.1) is 28.9 Å². The number of Topliss-reactive ketones (excluding diaryl/α,β-unsaturated/α-hetero) is 1. The fourth-order valence-electron chi connectivity index (χ4n) is 7.98. The maximum atomic E-state index is 15.3. The zero-order valence-electron chi connectivity index (χ0n) is 36.5. The van der Waals surface area contributed by atoms with Crippen LogP contribution in [0.1, 0.15) is 105 Å². The topological polar surface area (TPSA) is 179 Å². The van der Waals surface area contributed by atoms with E-state index in [1.165, 1.54) is 11.8 Å².